The highest BCUT2D eigenvalue weighted by molar-refractivity contribution is 5.90. The third-order valence-electron chi connectivity index (χ3n) is 5.30. The molecule has 0 unspecified atom stereocenters. The Hall–Kier alpha value is -3.23. The van der Waals surface area contributed by atoms with E-state index in [1.54, 1.807) is 19.1 Å². The van der Waals surface area contributed by atoms with Gasteiger partial charge in [-0.15, -0.1) is 0 Å². The van der Waals surface area contributed by atoms with Crippen molar-refractivity contribution in [3.05, 3.63) is 65.2 Å². The lowest BCUT2D eigenvalue weighted by Crippen LogP contribution is -2.47. The van der Waals surface area contributed by atoms with E-state index in [-0.39, 0.29) is 36.9 Å². The summed E-state index contributed by atoms with van der Waals surface area (Å²) >= 11 is 0. The number of anilines is 1. The molecule has 0 saturated heterocycles. The smallest absolute Gasteiger partial charge is 0.416 e. The SMILES string of the molecule is CCOC(=O)N1c2ccc(C(F)(F)F)cc2[C@@H](NC(=O)OCc2ccccc2)C[C@H]1CC. The molecule has 2 aromatic rings. The molecule has 1 aliphatic heterocycles. The molecule has 0 saturated carbocycles. The van der Waals surface area contributed by atoms with Gasteiger partial charge in [-0.1, -0.05) is 37.3 Å². The van der Waals surface area contributed by atoms with Crippen LogP contribution in [0.2, 0.25) is 0 Å². The predicted octanol–water partition coefficient (Wildman–Crippen LogP) is 5.82. The average Bonchev–Trinajstić information content (AvgIpc) is 2.77. The van der Waals surface area contributed by atoms with Crippen LogP contribution < -0.4 is 10.2 Å². The number of alkyl carbamates (subject to hydrolysis) is 1. The highest BCUT2D eigenvalue weighted by Crippen LogP contribution is 2.42. The minimum atomic E-state index is -4.57. The molecule has 0 spiro atoms. The van der Waals surface area contributed by atoms with E-state index in [1.165, 1.54) is 11.0 Å². The Labute approximate surface area is 184 Å². The highest BCUT2D eigenvalue weighted by atomic mass is 19.4. The van der Waals surface area contributed by atoms with Crippen molar-refractivity contribution in [2.75, 3.05) is 11.5 Å². The Morgan fingerprint density at radius 2 is 1.81 bits per heavy atom. The lowest BCUT2D eigenvalue weighted by atomic mass is 9.89. The van der Waals surface area contributed by atoms with Crippen LogP contribution in [-0.4, -0.2) is 24.8 Å². The van der Waals surface area contributed by atoms with Crippen LogP contribution in [0.25, 0.3) is 0 Å². The van der Waals surface area contributed by atoms with Crippen LogP contribution in [0.15, 0.2) is 48.5 Å². The number of nitrogens with one attached hydrogen (secondary N) is 1. The quantitative estimate of drug-likeness (QED) is 0.624. The number of carbonyl (C=O) groups excluding carboxylic acids is 2. The fraction of sp³-hybridized carbons (Fsp3) is 0.391. The first-order chi connectivity index (χ1) is 15.2. The molecule has 0 radical (unpaired) electrons. The number of ether oxygens (including phenoxy) is 2. The van der Waals surface area contributed by atoms with E-state index in [1.807, 2.05) is 25.1 Å². The minimum Gasteiger partial charge on any atom is -0.449 e. The summed E-state index contributed by atoms with van der Waals surface area (Å²) in [4.78, 5) is 26.4. The molecular weight excluding hydrogens is 425 g/mol. The summed E-state index contributed by atoms with van der Waals surface area (Å²) in [5.41, 5.74) is 0.391. The first kappa shape index (κ1) is 23.4. The first-order valence-electron chi connectivity index (χ1n) is 10.4. The van der Waals surface area contributed by atoms with E-state index in [2.05, 4.69) is 5.32 Å². The third kappa shape index (κ3) is 5.33. The lowest BCUT2D eigenvalue weighted by molar-refractivity contribution is -0.137. The van der Waals surface area contributed by atoms with E-state index in [0.717, 1.165) is 17.7 Å². The second-order valence-electron chi connectivity index (χ2n) is 7.40. The third-order valence-corrected chi connectivity index (χ3v) is 5.30. The van der Waals surface area contributed by atoms with Gasteiger partial charge in [-0.3, -0.25) is 4.90 Å². The number of nitrogens with zero attached hydrogens (tertiary/aromatic N) is 1. The molecule has 172 valence electrons. The van der Waals surface area contributed by atoms with Crippen LogP contribution in [-0.2, 0) is 22.3 Å². The van der Waals surface area contributed by atoms with Gasteiger partial charge in [0.2, 0.25) is 0 Å². The van der Waals surface area contributed by atoms with Crippen LogP contribution in [0.3, 0.4) is 0 Å². The van der Waals surface area contributed by atoms with Crippen molar-refractivity contribution >= 4 is 17.9 Å². The monoisotopic (exact) mass is 450 g/mol. The van der Waals surface area contributed by atoms with E-state index >= 15 is 0 Å². The molecule has 9 heteroatoms. The Balaban J connectivity index is 1.89. The highest BCUT2D eigenvalue weighted by Gasteiger charge is 2.39. The molecule has 0 fully saturated rings. The molecule has 1 aliphatic rings. The molecule has 3 rings (SSSR count). The molecule has 0 aromatic heterocycles. The molecule has 0 bridgehead atoms. The van der Waals surface area contributed by atoms with Crippen LogP contribution in [0.5, 0.6) is 0 Å². The molecule has 0 aliphatic carbocycles. The van der Waals surface area contributed by atoms with Crippen LogP contribution in [0, 0.1) is 0 Å². The van der Waals surface area contributed by atoms with Crippen LogP contribution in [0.4, 0.5) is 28.4 Å². The molecule has 1 N–H and O–H groups in total. The summed E-state index contributed by atoms with van der Waals surface area (Å²) in [7, 11) is 0. The van der Waals surface area contributed by atoms with Gasteiger partial charge in [-0.2, -0.15) is 13.2 Å². The number of fused-ring (bicyclic) bond motifs is 1. The summed E-state index contributed by atoms with van der Waals surface area (Å²) in [5.74, 6) is 0. The normalized spacial score (nSPS) is 18.0. The zero-order chi connectivity index (χ0) is 23.3. The molecule has 32 heavy (non-hydrogen) atoms. The van der Waals surface area contributed by atoms with Gasteiger partial charge in [0, 0.05) is 6.04 Å². The second-order valence-corrected chi connectivity index (χ2v) is 7.40. The molecule has 2 atom stereocenters. The van der Waals surface area contributed by atoms with Gasteiger partial charge in [0.25, 0.3) is 0 Å². The minimum absolute atomic E-state index is 0.0288. The Morgan fingerprint density at radius 1 is 1.09 bits per heavy atom. The topological polar surface area (TPSA) is 67.9 Å². The number of carbonyl (C=O) groups is 2. The van der Waals surface area contributed by atoms with Gasteiger partial charge in [-0.05, 0) is 49.1 Å². The first-order valence-corrected chi connectivity index (χ1v) is 10.4. The number of hydrogen-bond acceptors (Lipinski definition) is 4. The number of hydrogen-bond donors (Lipinski definition) is 1. The van der Waals surface area contributed by atoms with Crippen molar-refractivity contribution in [2.24, 2.45) is 0 Å². The average molecular weight is 450 g/mol. The predicted molar refractivity (Wildman–Crippen MR) is 112 cm³/mol. The number of alkyl halides is 3. The van der Waals surface area contributed by atoms with Gasteiger partial charge in [0.05, 0.1) is 23.9 Å². The maximum absolute atomic E-state index is 13.4. The molecule has 2 amide bonds. The van der Waals surface area contributed by atoms with Crippen molar-refractivity contribution in [1.29, 1.82) is 0 Å². The summed E-state index contributed by atoms with van der Waals surface area (Å²) in [6, 6.07) is 11.1. The van der Waals surface area contributed by atoms with E-state index in [4.69, 9.17) is 9.47 Å². The second kappa shape index (κ2) is 9.93. The van der Waals surface area contributed by atoms with Crippen LogP contribution in [0.1, 0.15) is 49.4 Å². The van der Waals surface area contributed by atoms with Gasteiger partial charge in [0.1, 0.15) is 6.61 Å². The van der Waals surface area contributed by atoms with Gasteiger partial charge < -0.3 is 14.8 Å². The van der Waals surface area contributed by atoms with Gasteiger partial charge >= 0.3 is 18.4 Å². The molecular formula is C23H25F3N2O4. The summed E-state index contributed by atoms with van der Waals surface area (Å²) in [5, 5.41) is 2.67. The maximum Gasteiger partial charge on any atom is 0.416 e. The molecule has 6 nitrogen and oxygen atoms in total. The van der Waals surface area contributed by atoms with Crippen LogP contribution >= 0.6 is 0 Å². The number of halogens is 3. The van der Waals surface area contributed by atoms with E-state index in [9.17, 15) is 22.8 Å². The summed E-state index contributed by atoms with van der Waals surface area (Å²) in [6.07, 6.45) is -5.20. The van der Waals surface area contributed by atoms with Crippen molar-refractivity contribution < 1.29 is 32.2 Å². The van der Waals surface area contributed by atoms with Gasteiger partial charge in [-0.25, -0.2) is 9.59 Å². The van der Waals surface area contributed by atoms with Gasteiger partial charge in [0.15, 0.2) is 0 Å². The summed E-state index contributed by atoms with van der Waals surface area (Å²) in [6.45, 7) is 3.68. The fourth-order valence-corrected chi connectivity index (χ4v) is 3.76. The largest absolute Gasteiger partial charge is 0.449 e. The zero-order valence-corrected chi connectivity index (χ0v) is 17.8. The number of rotatable bonds is 5. The summed E-state index contributed by atoms with van der Waals surface area (Å²) < 4.78 is 50.4. The lowest BCUT2D eigenvalue weighted by Gasteiger charge is -2.40. The van der Waals surface area contributed by atoms with E-state index < -0.39 is 30.0 Å². The molecule has 1 heterocycles. The van der Waals surface area contributed by atoms with Crippen molar-refractivity contribution in [3.63, 3.8) is 0 Å². The Bertz CT molecular complexity index is 950. The molecule has 2 aromatic carbocycles. The number of amides is 2. The van der Waals surface area contributed by atoms with E-state index in [0.29, 0.717) is 6.42 Å². The zero-order valence-electron chi connectivity index (χ0n) is 17.8. The fourth-order valence-electron chi connectivity index (χ4n) is 3.76. The standard InChI is InChI=1S/C23H25F3N2O4/c1-3-17-13-19(27-21(29)32-14-15-8-6-5-7-9-15)18-12-16(23(24,25)26)10-11-20(18)28(17)22(30)31-4-2/h5-12,17,19H,3-4,13-14H2,1-2H3,(H,27,29)/t17-,19+/m1/s1. The van der Waals surface area contributed by atoms with Crippen molar-refractivity contribution in [2.45, 2.75) is 51.6 Å². The van der Waals surface area contributed by atoms with Crippen molar-refractivity contribution in [1.82, 2.24) is 5.32 Å². The van der Waals surface area contributed by atoms with Crippen molar-refractivity contribution in [3.8, 4) is 0 Å². The Kier molecular flexibility index (Phi) is 7.27. The number of benzene rings is 2. The Morgan fingerprint density at radius 3 is 2.44 bits per heavy atom. The maximum atomic E-state index is 13.4.